The van der Waals surface area contributed by atoms with Gasteiger partial charge >= 0.3 is 11.9 Å². The van der Waals surface area contributed by atoms with E-state index < -0.39 is 18.2 Å². The Bertz CT molecular complexity index is 414. The third kappa shape index (κ3) is 3.48. The molecule has 4 atom stereocenters. The quantitative estimate of drug-likeness (QED) is 0.405. The summed E-state index contributed by atoms with van der Waals surface area (Å²) in [6.07, 6.45) is 6.79. The molecule has 5 heteroatoms. The summed E-state index contributed by atoms with van der Waals surface area (Å²) >= 11 is 0. The number of carbonyl (C=O) groups excluding carboxylic acids is 2. The molecule has 2 bridgehead atoms. The zero-order chi connectivity index (χ0) is 14.5. The molecular formula is C15H20O5. The van der Waals surface area contributed by atoms with Crippen molar-refractivity contribution in [3.63, 3.8) is 0 Å². The fraction of sp³-hybridized carbons (Fsp3) is 0.600. The largest absolute Gasteiger partial charge is 0.455 e. The van der Waals surface area contributed by atoms with Gasteiger partial charge in [0.1, 0.15) is 12.2 Å². The highest BCUT2D eigenvalue weighted by Gasteiger charge is 2.50. The van der Waals surface area contributed by atoms with Crippen LogP contribution in [0, 0.1) is 0 Å². The number of esters is 2. The first kappa shape index (κ1) is 14.8. The second-order valence-electron chi connectivity index (χ2n) is 5.01. The zero-order valence-corrected chi connectivity index (χ0v) is 11.6. The number of fused-ring (bicyclic) bond motifs is 2. The van der Waals surface area contributed by atoms with E-state index in [2.05, 4.69) is 6.58 Å². The summed E-state index contributed by atoms with van der Waals surface area (Å²) in [5, 5.41) is 0. The molecule has 1 saturated heterocycles. The third-order valence-corrected chi connectivity index (χ3v) is 3.38. The fourth-order valence-corrected chi connectivity index (χ4v) is 2.47. The van der Waals surface area contributed by atoms with Gasteiger partial charge in [0.2, 0.25) is 0 Å². The lowest BCUT2D eigenvalue weighted by molar-refractivity contribution is -0.164. The normalized spacial score (nSPS) is 30.2. The highest BCUT2D eigenvalue weighted by Crippen LogP contribution is 2.33. The zero-order valence-electron chi connectivity index (χ0n) is 11.6. The number of hydrogen-bond acceptors (Lipinski definition) is 5. The molecule has 0 N–H and O–H groups in total. The molecule has 0 saturated carbocycles. The Balaban J connectivity index is 1.84. The Kier molecular flexibility index (Phi) is 4.95. The van der Waals surface area contributed by atoms with Crippen molar-refractivity contribution in [2.75, 3.05) is 0 Å². The number of rotatable bonds is 7. The van der Waals surface area contributed by atoms with Gasteiger partial charge in [0.05, 0.1) is 0 Å². The molecule has 0 radical (unpaired) electrons. The molecule has 0 amide bonds. The fourth-order valence-electron chi connectivity index (χ4n) is 2.47. The van der Waals surface area contributed by atoms with Crippen LogP contribution in [0.25, 0.3) is 0 Å². The van der Waals surface area contributed by atoms with Crippen molar-refractivity contribution in [3.8, 4) is 0 Å². The molecule has 0 spiro atoms. The van der Waals surface area contributed by atoms with E-state index in [9.17, 15) is 9.59 Å². The maximum atomic E-state index is 11.8. The van der Waals surface area contributed by atoms with Crippen LogP contribution in [0.4, 0.5) is 0 Å². The predicted molar refractivity (Wildman–Crippen MR) is 71.9 cm³/mol. The highest BCUT2D eigenvalue weighted by molar-refractivity contribution is 5.70. The number of ether oxygens (including phenoxy) is 3. The molecule has 0 aromatic heterocycles. The standard InChI is InChI=1S/C15H20O5/c1-3-4-5-6-7-13(17)20-15-12-9-8-11(19-12)14(15)18-10(2)16/h3,8-9,11-12,14-15H,1,4-7H2,2H3/t11-,12+,14+,15-/m1/s1. The van der Waals surface area contributed by atoms with Crippen molar-refractivity contribution in [2.45, 2.75) is 57.0 Å². The summed E-state index contributed by atoms with van der Waals surface area (Å²) in [6, 6.07) is 0. The van der Waals surface area contributed by atoms with Crippen LogP contribution in [0.15, 0.2) is 24.8 Å². The van der Waals surface area contributed by atoms with Gasteiger partial charge in [-0.2, -0.15) is 0 Å². The molecule has 1 fully saturated rings. The maximum absolute atomic E-state index is 11.8. The molecule has 5 nitrogen and oxygen atoms in total. The summed E-state index contributed by atoms with van der Waals surface area (Å²) in [7, 11) is 0. The summed E-state index contributed by atoms with van der Waals surface area (Å²) in [6.45, 7) is 4.97. The molecule has 0 aromatic rings. The van der Waals surface area contributed by atoms with Crippen LogP contribution < -0.4 is 0 Å². The molecule has 2 heterocycles. The maximum Gasteiger partial charge on any atom is 0.306 e. The first-order valence-corrected chi connectivity index (χ1v) is 6.93. The van der Waals surface area contributed by atoms with Gasteiger partial charge in [-0.25, -0.2) is 0 Å². The molecule has 0 unspecified atom stereocenters. The van der Waals surface area contributed by atoms with Gasteiger partial charge in [0.15, 0.2) is 12.2 Å². The van der Waals surface area contributed by atoms with Crippen LogP contribution in [-0.4, -0.2) is 36.4 Å². The Morgan fingerprint density at radius 2 is 1.85 bits per heavy atom. The average Bonchev–Trinajstić information content (AvgIpc) is 2.97. The van der Waals surface area contributed by atoms with Crippen LogP contribution in [0.2, 0.25) is 0 Å². The number of carbonyl (C=O) groups is 2. The van der Waals surface area contributed by atoms with Crippen LogP contribution in [-0.2, 0) is 23.8 Å². The van der Waals surface area contributed by atoms with Crippen molar-refractivity contribution in [2.24, 2.45) is 0 Å². The van der Waals surface area contributed by atoms with E-state index in [0.717, 1.165) is 19.3 Å². The predicted octanol–water partition coefficient (Wildman–Crippen LogP) is 1.91. The number of allylic oxidation sites excluding steroid dienone is 1. The van der Waals surface area contributed by atoms with Crippen molar-refractivity contribution in [1.29, 1.82) is 0 Å². The lowest BCUT2D eigenvalue weighted by Gasteiger charge is -2.24. The lowest BCUT2D eigenvalue weighted by atomic mass is 10.0. The third-order valence-electron chi connectivity index (χ3n) is 3.38. The Morgan fingerprint density at radius 3 is 2.45 bits per heavy atom. The monoisotopic (exact) mass is 280 g/mol. The first-order valence-electron chi connectivity index (χ1n) is 6.93. The molecule has 20 heavy (non-hydrogen) atoms. The van der Waals surface area contributed by atoms with Gasteiger partial charge in [0.25, 0.3) is 0 Å². The van der Waals surface area contributed by atoms with E-state index in [1.807, 2.05) is 18.2 Å². The van der Waals surface area contributed by atoms with Gasteiger partial charge < -0.3 is 14.2 Å². The number of unbranched alkanes of at least 4 members (excludes halogenated alkanes) is 2. The van der Waals surface area contributed by atoms with Crippen molar-refractivity contribution >= 4 is 11.9 Å². The van der Waals surface area contributed by atoms with Crippen molar-refractivity contribution in [1.82, 2.24) is 0 Å². The second-order valence-corrected chi connectivity index (χ2v) is 5.01. The van der Waals surface area contributed by atoms with Crippen LogP contribution in [0.5, 0.6) is 0 Å². The molecule has 0 aliphatic carbocycles. The highest BCUT2D eigenvalue weighted by atomic mass is 16.6. The Hall–Kier alpha value is -1.62. The van der Waals surface area contributed by atoms with Gasteiger partial charge in [-0.1, -0.05) is 18.2 Å². The molecule has 2 rings (SSSR count). The molecule has 110 valence electrons. The molecule has 0 aromatic carbocycles. The molecule has 2 aliphatic rings. The van der Waals surface area contributed by atoms with E-state index in [1.165, 1.54) is 6.92 Å². The van der Waals surface area contributed by atoms with Crippen LogP contribution >= 0.6 is 0 Å². The minimum Gasteiger partial charge on any atom is -0.455 e. The van der Waals surface area contributed by atoms with E-state index in [4.69, 9.17) is 14.2 Å². The van der Waals surface area contributed by atoms with Crippen molar-refractivity contribution < 1.29 is 23.8 Å². The molecule has 2 aliphatic heterocycles. The van der Waals surface area contributed by atoms with E-state index in [1.54, 1.807) is 0 Å². The summed E-state index contributed by atoms with van der Waals surface area (Å²) in [5.41, 5.74) is 0. The van der Waals surface area contributed by atoms with E-state index in [0.29, 0.717) is 6.42 Å². The summed E-state index contributed by atoms with van der Waals surface area (Å²) < 4.78 is 16.2. The minimum atomic E-state index is -0.528. The van der Waals surface area contributed by atoms with Gasteiger partial charge in [-0.05, 0) is 19.3 Å². The van der Waals surface area contributed by atoms with Gasteiger partial charge in [-0.15, -0.1) is 6.58 Å². The molecular weight excluding hydrogens is 260 g/mol. The van der Waals surface area contributed by atoms with Crippen LogP contribution in [0.3, 0.4) is 0 Å². The van der Waals surface area contributed by atoms with Gasteiger partial charge in [-0.3, -0.25) is 9.59 Å². The summed E-state index contributed by atoms with van der Waals surface area (Å²) in [4.78, 5) is 22.9. The number of hydrogen-bond donors (Lipinski definition) is 0. The smallest absolute Gasteiger partial charge is 0.306 e. The average molecular weight is 280 g/mol. The van der Waals surface area contributed by atoms with Crippen molar-refractivity contribution in [3.05, 3.63) is 24.8 Å². The minimum absolute atomic E-state index is 0.277. The Morgan fingerprint density at radius 1 is 1.20 bits per heavy atom. The van der Waals surface area contributed by atoms with E-state index >= 15 is 0 Å². The topological polar surface area (TPSA) is 61.8 Å². The first-order chi connectivity index (χ1) is 9.61. The SMILES string of the molecule is C=CCCCCC(=O)O[C@H]1[C@@H](OC(C)=O)[C@H]2C=C[C@@H]1O2. The second kappa shape index (κ2) is 6.70. The Labute approximate surface area is 118 Å². The lowest BCUT2D eigenvalue weighted by Crippen LogP contribution is -2.41. The van der Waals surface area contributed by atoms with Gasteiger partial charge in [0, 0.05) is 13.3 Å². The summed E-state index contributed by atoms with van der Waals surface area (Å²) in [5.74, 6) is -0.674. The van der Waals surface area contributed by atoms with Crippen LogP contribution in [0.1, 0.15) is 32.6 Å². The van der Waals surface area contributed by atoms with E-state index in [-0.39, 0.29) is 18.2 Å².